The minimum atomic E-state index is 0.0415. The summed E-state index contributed by atoms with van der Waals surface area (Å²) in [6.45, 7) is 0. The minimum absolute atomic E-state index is 0.0415. The van der Waals surface area contributed by atoms with E-state index in [0.29, 0.717) is 24.2 Å². The molecule has 3 aliphatic heterocycles. The molecule has 3 aliphatic rings. The standard InChI is InChI=1S/C25H31N3O2/c1-27(2)25(29)17-9-7-16(8-10-17)24(18-5-4-6-19(15-18)30-3)28-22-13-14-23(28)21-12-11-20(22)26-21/h4-10,15,20-24,26H,11-14H2,1-3H3. The summed E-state index contributed by atoms with van der Waals surface area (Å²) in [5.41, 5.74) is 3.24. The van der Waals surface area contributed by atoms with Crippen LogP contribution in [0.1, 0.15) is 53.2 Å². The summed E-state index contributed by atoms with van der Waals surface area (Å²) >= 11 is 0. The second kappa shape index (κ2) is 7.71. The Morgan fingerprint density at radius 2 is 1.67 bits per heavy atom. The first-order valence-corrected chi connectivity index (χ1v) is 11.1. The third-order valence-corrected chi connectivity index (χ3v) is 7.26. The van der Waals surface area contributed by atoms with Crippen LogP contribution in [0.2, 0.25) is 0 Å². The molecule has 5 heteroatoms. The van der Waals surface area contributed by atoms with Gasteiger partial charge in [-0.1, -0.05) is 24.3 Å². The Balaban J connectivity index is 1.56. The number of hydrogen-bond acceptors (Lipinski definition) is 4. The van der Waals surface area contributed by atoms with Gasteiger partial charge in [0.15, 0.2) is 0 Å². The Labute approximate surface area is 179 Å². The summed E-state index contributed by atoms with van der Waals surface area (Å²) in [5.74, 6) is 0.933. The zero-order valence-corrected chi connectivity index (χ0v) is 18.0. The molecule has 5 unspecified atom stereocenters. The molecule has 3 heterocycles. The number of nitrogens with one attached hydrogen (secondary N) is 1. The van der Waals surface area contributed by atoms with Crippen LogP contribution < -0.4 is 10.1 Å². The molecule has 3 saturated heterocycles. The largest absolute Gasteiger partial charge is 0.497 e. The van der Waals surface area contributed by atoms with E-state index in [9.17, 15) is 4.79 Å². The molecule has 2 aromatic carbocycles. The minimum Gasteiger partial charge on any atom is -0.497 e. The third-order valence-electron chi connectivity index (χ3n) is 7.26. The van der Waals surface area contributed by atoms with Crippen LogP contribution >= 0.6 is 0 Å². The van der Waals surface area contributed by atoms with E-state index in [4.69, 9.17) is 4.74 Å². The Morgan fingerprint density at radius 1 is 1.00 bits per heavy atom. The van der Waals surface area contributed by atoms with Gasteiger partial charge in [0.05, 0.1) is 13.2 Å². The van der Waals surface area contributed by atoms with Gasteiger partial charge in [-0.25, -0.2) is 0 Å². The molecule has 0 spiro atoms. The van der Waals surface area contributed by atoms with Crippen molar-refractivity contribution in [1.82, 2.24) is 15.1 Å². The van der Waals surface area contributed by atoms with Crippen molar-refractivity contribution in [3.05, 3.63) is 65.2 Å². The average molecular weight is 406 g/mol. The first kappa shape index (κ1) is 19.6. The van der Waals surface area contributed by atoms with E-state index in [1.54, 1.807) is 26.1 Å². The Bertz CT molecular complexity index is 908. The Kier molecular flexibility index (Phi) is 5.03. The van der Waals surface area contributed by atoms with Crippen LogP contribution in [0.4, 0.5) is 0 Å². The molecule has 4 bridgehead atoms. The lowest BCUT2D eigenvalue weighted by Crippen LogP contribution is -2.59. The highest BCUT2D eigenvalue weighted by atomic mass is 16.5. The summed E-state index contributed by atoms with van der Waals surface area (Å²) in [4.78, 5) is 16.8. The number of amides is 1. The highest BCUT2D eigenvalue weighted by molar-refractivity contribution is 5.93. The molecule has 1 N–H and O–H groups in total. The van der Waals surface area contributed by atoms with Crippen molar-refractivity contribution in [2.75, 3.05) is 21.2 Å². The fourth-order valence-electron chi connectivity index (χ4n) is 5.91. The van der Waals surface area contributed by atoms with E-state index < -0.39 is 0 Å². The van der Waals surface area contributed by atoms with Crippen LogP contribution in [0.3, 0.4) is 0 Å². The number of hydrogen-bond donors (Lipinski definition) is 1. The first-order chi connectivity index (χ1) is 14.6. The molecule has 30 heavy (non-hydrogen) atoms. The van der Waals surface area contributed by atoms with E-state index in [1.807, 2.05) is 18.2 Å². The average Bonchev–Trinajstić information content (AvgIpc) is 3.33. The molecule has 0 aliphatic carbocycles. The summed E-state index contributed by atoms with van der Waals surface area (Å²) < 4.78 is 5.55. The molecule has 0 aromatic heterocycles. The predicted molar refractivity (Wildman–Crippen MR) is 118 cm³/mol. The van der Waals surface area contributed by atoms with Crippen molar-refractivity contribution >= 4 is 5.91 Å². The summed E-state index contributed by atoms with van der Waals surface area (Å²) in [6, 6.07) is 19.2. The zero-order chi connectivity index (χ0) is 20.8. The maximum atomic E-state index is 12.4. The molecule has 0 radical (unpaired) electrons. The van der Waals surface area contributed by atoms with Crippen LogP contribution in [-0.4, -0.2) is 61.1 Å². The topological polar surface area (TPSA) is 44.8 Å². The first-order valence-electron chi connectivity index (χ1n) is 11.1. The van der Waals surface area contributed by atoms with E-state index in [1.165, 1.54) is 36.8 Å². The molecule has 158 valence electrons. The number of piperazine rings is 1. The van der Waals surface area contributed by atoms with Gasteiger partial charge < -0.3 is 15.0 Å². The normalized spacial score (nSPS) is 28.4. The quantitative estimate of drug-likeness (QED) is 0.828. The maximum absolute atomic E-state index is 12.4. The summed E-state index contributed by atoms with van der Waals surface area (Å²) in [5, 5.41) is 3.88. The summed E-state index contributed by atoms with van der Waals surface area (Å²) in [6.07, 6.45) is 5.08. The second-order valence-electron chi connectivity index (χ2n) is 9.12. The lowest BCUT2D eigenvalue weighted by atomic mass is 9.92. The van der Waals surface area contributed by atoms with Gasteiger partial charge in [0.2, 0.25) is 0 Å². The Hall–Kier alpha value is -2.37. The number of nitrogens with zero attached hydrogens (tertiary/aromatic N) is 2. The van der Waals surface area contributed by atoms with E-state index >= 15 is 0 Å². The third kappa shape index (κ3) is 3.21. The van der Waals surface area contributed by atoms with Crippen molar-refractivity contribution in [3.63, 3.8) is 0 Å². The number of fused-ring (bicyclic) bond motifs is 6. The molecular formula is C25H31N3O2. The fraction of sp³-hybridized carbons (Fsp3) is 0.480. The molecule has 5 atom stereocenters. The zero-order valence-electron chi connectivity index (χ0n) is 18.0. The molecular weight excluding hydrogens is 374 g/mol. The van der Waals surface area contributed by atoms with Gasteiger partial charge in [-0.2, -0.15) is 0 Å². The Morgan fingerprint density at radius 3 is 2.27 bits per heavy atom. The number of rotatable bonds is 5. The van der Waals surface area contributed by atoms with Crippen molar-refractivity contribution in [3.8, 4) is 5.75 Å². The van der Waals surface area contributed by atoms with Gasteiger partial charge in [-0.05, 0) is 61.1 Å². The SMILES string of the molecule is COc1cccc(C(c2ccc(C(=O)N(C)C)cc2)N2C3CCC2C2CCC3N2)c1. The summed E-state index contributed by atoms with van der Waals surface area (Å²) in [7, 11) is 5.32. The van der Waals surface area contributed by atoms with Crippen molar-refractivity contribution < 1.29 is 9.53 Å². The van der Waals surface area contributed by atoms with Gasteiger partial charge in [0.25, 0.3) is 5.91 Å². The van der Waals surface area contributed by atoms with Crippen molar-refractivity contribution in [2.45, 2.75) is 55.9 Å². The molecule has 3 fully saturated rings. The molecule has 2 aromatic rings. The number of methoxy groups -OCH3 is 1. The molecule has 5 rings (SSSR count). The van der Waals surface area contributed by atoms with Gasteiger partial charge in [-0.3, -0.25) is 9.69 Å². The highest BCUT2D eigenvalue weighted by Crippen LogP contribution is 2.47. The van der Waals surface area contributed by atoms with Crippen LogP contribution in [-0.2, 0) is 0 Å². The number of carbonyl (C=O) groups is 1. The smallest absolute Gasteiger partial charge is 0.253 e. The number of carbonyl (C=O) groups excluding carboxylic acids is 1. The van der Waals surface area contributed by atoms with Crippen molar-refractivity contribution in [2.24, 2.45) is 0 Å². The van der Waals surface area contributed by atoms with Gasteiger partial charge >= 0.3 is 0 Å². The van der Waals surface area contributed by atoms with Crippen LogP contribution in [0.5, 0.6) is 5.75 Å². The number of benzene rings is 2. The molecule has 1 amide bonds. The van der Waals surface area contributed by atoms with Gasteiger partial charge in [0, 0.05) is 43.8 Å². The van der Waals surface area contributed by atoms with Crippen LogP contribution in [0.25, 0.3) is 0 Å². The van der Waals surface area contributed by atoms with E-state index in [2.05, 4.69) is 40.5 Å². The van der Waals surface area contributed by atoms with Crippen molar-refractivity contribution in [1.29, 1.82) is 0 Å². The molecule has 0 saturated carbocycles. The van der Waals surface area contributed by atoms with E-state index in [0.717, 1.165) is 11.3 Å². The number of ether oxygens (including phenoxy) is 1. The van der Waals surface area contributed by atoms with Crippen LogP contribution in [0.15, 0.2) is 48.5 Å². The monoisotopic (exact) mass is 405 g/mol. The maximum Gasteiger partial charge on any atom is 0.253 e. The van der Waals surface area contributed by atoms with Gasteiger partial charge in [-0.15, -0.1) is 0 Å². The van der Waals surface area contributed by atoms with E-state index in [-0.39, 0.29) is 11.9 Å². The van der Waals surface area contributed by atoms with Gasteiger partial charge in [0.1, 0.15) is 5.75 Å². The highest BCUT2D eigenvalue weighted by Gasteiger charge is 2.52. The fourth-order valence-corrected chi connectivity index (χ4v) is 5.91. The second-order valence-corrected chi connectivity index (χ2v) is 9.12. The lowest BCUT2D eigenvalue weighted by Gasteiger charge is -2.45. The molecule has 5 nitrogen and oxygen atoms in total. The predicted octanol–water partition coefficient (Wildman–Crippen LogP) is 3.45. The van der Waals surface area contributed by atoms with Crippen LogP contribution in [0, 0.1) is 0 Å². The lowest BCUT2D eigenvalue weighted by molar-refractivity contribution is 0.0805.